The van der Waals surface area contributed by atoms with Gasteiger partial charge in [-0.3, -0.25) is 4.72 Å². The highest BCUT2D eigenvalue weighted by atomic mass is 32.2. The molecule has 0 aliphatic carbocycles. The third-order valence-electron chi connectivity index (χ3n) is 1.86. The lowest BCUT2D eigenvalue weighted by Crippen LogP contribution is -2.08. The fourth-order valence-electron chi connectivity index (χ4n) is 1.19. The third-order valence-corrected chi connectivity index (χ3v) is 3.62. The highest BCUT2D eigenvalue weighted by Crippen LogP contribution is 2.26. The first-order valence-electron chi connectivity index (χ1n) is 4.73. The van der Waals surface area contributed by atoms with Gasteiger partial charge in [-0.05, 0) is 6.42 Å². The number of hydrogen-bond acceptors (Lipinski definition) is 5. The first-order valence-corrected chi connectivity index (χ1v) is 7.44. The zero-order valence-electron chi connectivity index (χ0n) is 9.02. The Morgan fingerprint density at radius 3 is 2.67 bits per heavy atom. The van der Waals surface area contributed by atoms with Crippen LogP contribution in [0.3, 0.4) is 0 Å². The second kappa shape index (κ2) is 4.89. The normalized spacial score (nSPS) is 13.8. The Balaban J connectivity index is 2.72. The van der Waals surface area contributed by atoms with Crippen LogP contribution in [0.1, 0.15) is 37.6 Å². The van der Waals surface area contributed by atoms with E-state index in [0.29, 0.717) is 11.0 Å². The summed E-state index contributed by atoms with van der Waals surface area (Å²) in [7, 11) is -3.24. The predicted octanol–water partition coefficient (Wildman–Crippen LogP) is 1.81. The molecule has 86 valence electrons. The van der Waals surface area contributed by atoms with Gasteiger partial charge in [0.05, 0.1) is 6.26 Å². The summed E-state index contributed by atoms with van der Waals surface area (Å²) in [5.41, 5.74) is 0. The van der Waals surface area contributed by atoms with Crippen LogP contribution in [0.5, 0.6) is 0 Å². The predicted molar refractivity (Wildman–Crippen MR) is 61.7 cm³/mol. The summed E-state index contributed by atoms with van der Waals surface area (Å²) < 4.78 is 24.2. The van der Waals surface area contributed by atoms with Gasteiger partial charge in [-0.15, -0.1) is 10.2 Å². The molecule has 1 atom stereocenters. The molecular weight excluding hydrogens is 234 g/mol. The van der Waals surface area contributed by atoms with E-state index >= 15 is 0 Å². The van der Waals surface area contributed by atoms with Crippen molar-refractivity contribution in [1.82, 2.24) is 10.2 Å². The molecule has 0 unspecified atom stereocenters. The molecule has 5 nitrogen and oxygen atoms in total. The summed E-state index contributed by atoms with van der Waals surface area (Å²) in [5, 5.41) is 8.96. The number of aromatic nitrogens is 2. The Kier molecular flexibility index (Phi) is 4.04. The molecule has 15 heavy (non-hydrogen) atoms. The van der Waals surface area contributed by atoms with Crippen molar-refractivity contribution in [2.45, 2.75) is 32.6 Å². The minimum Gasteiger partial charge on any atom is -0.257 e. The van der Waals surface area contributed by atoms with Gasteiger partial charge in [0.15, 0.2) is 0 Å². The summed E-state index contributed by atoms with van der Waals surface area (Å²) in [6.45, 7) is 4.17. The lowest BCUT2D eigenvalue weighted by Gasteiger charge is -2.03. The van der Waals surface area contributed by atoms with Crippen molar-refractivity contribution in [3.05, 3.63) is 5.01 Å². The van der Waals surface area contributed by atoms with E-state index < -0.39 is 10.0 Å². The molecule has 0 aliphatic heterocycles. The van der Waals surface area contributed by atoms with Crippen molar-refractivity contribution >= 4 is 26.5 Å². The Labute approximate surface area is 94.0 Å². The van der Waals surface area contributed by atoms with Gasteiger partial charge in [-0.1, -0.05) is 31.6 Å². The van der Waals surface area contributed by atoms with Gasteiger partial charge in [-0.2, -0.15) is 0 Å². The van der Waals surface area contributed by atoms with Crippen LogP contribution in [0.4, 0.5) is 5.13 Å². The van der Waals surface area contributed by atoms with Crippen LogP contribution in [0.15, 0.2) is 0 Å². The van der Waals surface area contributed by atoms with Crippen molar-refractivity contribution in [2.75, 3.05) is 11.0 Å². The fourth-order valence-corrected chi connectivity index (χ4v) is 2.85. The summed E-state index contributed by atoms with van der Waals surface area (Å²) in [6, 6.07) is 0. The van der Waals surface area contributed by atoms with Crippen LogP contribution < -0.4 is 4.72 Å². The highest BCUT2D eigenvalue weighted by Gasteiger charge is 2.13. The Morgan fingerprint density at radius 1 is 1.47 bits per heavy atom. The van der Waals surface area contributed by atoms with Crippen molar-refractivity contribution in [2.24, 2.45) is 0 Å². The molecule has 1 N–H and O–H groups in total. The number of anilines is 1. The topological polar surface area (TPSA) is 72.0 Å². The second-order valence-electron chi connectivity index (χ2n) is 3.51. The van der Waals surface area contributed by atoms with Gasteiger partial charge in [0.25, 0.3) is 0 Å². The van der Waals surface area contributed by atoms with E-state index in [1.165, 1.54) is 11.3 Å². The molecular formula is C8H15N3O2S2. The summed E-state index contributed by atoms with van der Waals surface area (Å²) in [5.74, 6) is 0.336. The van der Waals surface area contributed by atoms with E-state index in [1.54, 1.807) is 0 Å². The second-order valence-corrected chi connectivity index (χ2v) is 6.27. The maximum absolute atomic E-state index is 10.9. The van der Waals surface area contributed by atoms with E-state index in [1.807, 2.05) is 0 Å². The number of hydrogen-bond donors (Lipinski definition) is 1. The molecule has 1 aromatic heterocycles. The van der Waals surface area contributed by atoms with Crippen LogP contribution in [0.25, 0.3) is 0 Å². The molecule has 1 rings (SSSR count). The van der Waals surface area contributed by atoms with Gasteiger partial charge in [0.2, 0.25) is 15.2 Å². The minimum atomic E-state index is -3.24. The summed E-state index contributed by atoms with van der Waals surface area (Å²) in [6.07, 6.45) is 3.21. The average Bonchev–Trinajstić information content (AvgIpc) is 2.50. The molecule has 0 saturated heterocycles. The standard InChI is InChI=1S/C8H15N3O2S2/c1-4-5-6(2)7-9-10-8(14-7)11-15(3,12)13/h6H,4-5H2,1-3H3,(H,10,11)/t6-/m1/s1. The molecule has 1 heterocycles. The third kappa shape index (κ3) is 4.13. The molecule has 7 heteroatoms. The number of rotatable bonds is 5. The van der Waals surface area contributed by atoms with Gasteiger partial charge in [0.1, 0.15) is 5.01 Å². The van der Waals surface area contributed by atoms with Crippen molar-refractivity contribution in [1.29, 1.82) is 0 Å². The number of nitrogens with zero attached hydrogens (tertiary/aromatic N) is 2. The molecule has 1 aromatic rings. The molecule has 0 saturated carbocycles. The molecule has 0 aliphatic rings. The SMILES string of the molecule is CCC[C@@H](C)c1nnc(NS(C)(=O)=O)s1. The molecule has 0 radical (unpaired) electrons. The number of sulfonamides is 1. The fraction of sp³-hybridized carbons (Fsp3) is 0.750. The maximum Gasteiger partial charge on any atom is 0.231 e. The zero-order chi connectivity index (χ0) is 11.5. The van der Waals surface area contributed by atoms with E-state index in [9.17, 15) is 8.42 Å². The van der Waals surface area contributed by atoms with Gasteiger partial charge in [0, 0.05) is 5.92 Å². The van der Waals surface area contributed by atoms with Gasteiger partial charge < -0.3 is 0 Å². The van der Waals surface area contributed by atoms with Crippen molar-refractivity contribution in [3.8, 4) is 0 Å². The Morgan fingerprint density at radius 2 is 2.13 bits per heavy atom. The zero-order valence-corrected chi connectivity index (χ0v) is 10.7. The lowest BCUT2D eigenvalue weighted by atomic mass is 10.1. The van der Waals surface area contributed by atoms with E-state index in [2.05, 4.69) is 28.8 Å². The van der Waals surface area contributed by atoms with E-state index in [4.69, 9.17) is 0 Å². The largest absolute Gasteiger partial charge is 0.257 e. The van der Waals surface area contributed by atoms with Crippen molar-refractivity contribution < 1.29 is 8.42 Å². The first-order chi connectivity index (χ1) is 6.92. The van der Waals surface area contributed by atoms with Crippen LogP contribution in [0, 0.1) is 0 Å². The van der Waals surface area contributed by atoms with E-state index in [-0.39, 0.29) is 0 Å². The monoisotopic (exact) mass is 249 g/mol. The average molecular weight is 249 g/mol. The van der Waals surface area contributed by atoms with Crippen LogP contribution in [-0.2, 0) is 10.0 Å². The first kappa shape index (κ1) is 12.4. The molecule has 0 fully saturated rings. The van der Waals surface area contributed by atoms with Crippen LogP contribution in [-0.4, -0.2) is 24.9 Å². The van der Waals surface area contributed by atoms with E-state index in [0.717, 1.165) is 24.1 Å². The Bertz CT molecular complexity index is 413. The number of nitrogens with one attached hydrogen (secondary N) is 1. The lowest BCUT2D eigenvalue weighted by molar-refractivity contribution is 0.606. The Hall–Kier alpha value is -0.690. The molecule has 0 bridgehead atoms. The minimum absolute atomic E-state index is 0.336. The smallest absolute Gasteiger partial charge is 0.231 e. The van der Waals surface area contributed by atoms with Crippen LogP contribution >= 0.6 is 11.3 Å². The molecule has 0 aromatic carbocycles. The summed E-state index contributed by atoms with van der Waals surface area (Å²) >= 11 is 1.30. The molecule has 0 amide bonds. The van der Waals surface area contributed by atoms with Gasteiger partial charge in [-0.25, -0.2) is 8.42 Å². The van der Waals surface area contributed by atoms with Gasteiger partial charge >= 0.3 is 0 Å². The van der Waals surface area contributed by atoms with Crippen LogP contribution in [0.2, 0.25) is 0 Å². The quantitative estimate of drug-likeness (QED) is 0.864. The molecule has 0 spiro atoms. The highest BCUT2D eigenvalue weighted by molar-refractivity contribution is 7.92. The maximum atomic E-state index is 10.9. The van der Waals surface area contributed by atoms with Crippen molar-refractivity contribution in [3.63, 3.8) is 0 Å². The summed E-state index contributed by atoms with van der Waals surface area (Å²) in [4.78, 5) is 0.